The number of carbonyl (C=O) groups excluding carboxylic acids is 1. The molecule has 0 aliphatic rings. The second-order valence-corrected chi connectivity index (χ2v) is 5.48. The van der Waals surface area contributed by atoms with E-state index in [1.807, 2.05) is 20.8 Å². The highest BCUT2D eigenvalue weighted by atomic mass is 19.1. The fourth-order valence-electron chi connectivity index (χ4n) is 1.70. The number of hydrogen-bond donors (Lipinski definition) is 1. The molecule has 1 aromatic carbocycles. The van der Waals surface area contributed by atoms with Crippen LogP contribution >= 0.6 is 0 Å². The second-order valence-electron chi connectivity index (χ2n) is 5.48. The first-order valence-corrected chi connectivity index (χ1v) is 5.78. The Morgan fingerprint density at radius 3 is 2.61 bits per heavy atom. The molecule has 1 heterocycles. The lowest BCUT2D eigenvalue weighted by Gasteiger charge is -2.24. The summed E-state index contributed by atoms with van der Waals surface area (Å²) in [5.74, 6) is -0.675. The van der Waals surface area contributed by atoms with Gasteiger partial charge in [-0.15, -0.1) is 0 Å². The van der Waals surface area contributed by atoms with E-state index in [0.717, 1.165) is 0 Å². The summed E-state index contributed by atoms with van der Waals surface area (Å²) in [5.41, 5.74) is 5.62. The fraction of sp³-hybridized carbons (Fsp3) is 0.357. The van der Waals surface area contributed by atoms with Crippen molar-refractivity contribution in [3.8, 4) is 0 Å². The molecule has 0 fully saturated rings. The molecular formula is C14H16FNO2. The summed E-state index contributed by atoms with van der Waals surface area (Å²) in [4.78, 5) is 12.1. The van der Waals surface area contributed by atoms with E-state index < -0.39 is 11.9 Å². The number of nitrogens with two attached hydrogens (primary N) is 1. The molecule has 0 spiro atoms. The number of ketones is 1. The quantitative estimate of drug-likeness (QED) is 0.832. The lowest BCUT2D eigenvalue weighted by atomic mass is 9.84. The molecule has 96 valence electrons. The van der Waals surface area contributed by atoms with Crippen LogP contribution in [0.1, 0.15) is 31.3 Å². The number of Topliss-reactive ketones (excluding diaryl/α,β-unsaturated/α-hetero) is 1. The topological polar surface area (TPSA) is 56.2 Å². The predicted molar refractivity (Wildman–Crippen MR) is 67.9 cm³/mol. The molecule has 0 aliphatic carbocycles. The van der Waals surface area contributed by atoms with Crippen molar-refractivity contribution in [2.24, 2.45) is 11.1 Å². The van der Waals surface area contributed by atoms with Gasteiger partial charge in [0.2, 0.25) is 5.78 Å². The first kappa shape index (κ1) is 12.8. The van der Waals surface area contributed by atoms with Gasteiger partial charge in [-0.2, -0.15) is 0 Å². The summed E-state index contributed by atoms with van der Waals surface area (Å²) in [6.45, 7) is 5.62. The average molecular weight is 249 g/mol. The van der Waals surface area contributed by atoms with Gasteiger partial charge in [0.05, 0.1) is 6.04 Å². The molecule has 1 aromatic heterocycles. The van der Waals surface area contributed by atoms with Crippen molar-refractivity contribution in [2.45, 2.75) is 26.8 Å². The first-order chi connectivity index (χ1) is 8.30. The zero-order valence-electron chi connectivity index (χ0n) is 10.7. The van der Waals surface area contributed by atoms with Gasteiger partial charge in [0.1, 0.15) is 0 Å². The van der Waals surface area contributed by atoms with E-state index in [2.05, 4.69) is 0 Å². The molecule has 0 saturated carbocycles. The van der Waals surface area contributed by atoms with E-state index in [-0.39, 0.29) is 22.5 Å². The van der Waals surface area contributed by atoms with Crippen molar-refractivity contribution in [3.63, 3.8) is 0 Å². The molecule has 3 nitrogen and oxygen atoms in total. The molecule has 0 saturated heterocycles. The van der Waals surface area contributed by atoms with Crippen LogP contribution in [0.4, 0.5) is 4.39 Å². The third-order valence-corrected chi connectivity index (χ3v) is 2.95. The molecule has 2 rings (SSSR count). The standard InChI is InChI=1S/C14H16FNO2/c1-14(2,3)13(16)11(17)10-7-8-5-4-6-9(15)12(8)18-10/h4-7,13H,16H2,1-3H3. The molecule has 1 unspecified atom stereocenters. The molecule has 0 aliphatic heterocycles. The van der Waals surface area contributed by atoms with E-state index in [4.69, 9.17) is 10.2 Å². The molecular weight excluding hydrogens is 233 g/mol. The van der Waals surface area contributed by atoms with Crippen LogP contribution in [-0.2, 0) is 0 Å². The van der Waals surface area contributed by atoms with Crippen LogP contribution in [0.5, 0.6) is 0 Å². The number of furan rings is 1. The minimum Gasteiger partial charge on any atom is -0.450 e. The number of benzene rings is 1. The van der Waals surface area contributed by atoms with Crippen LogP contribution in [-0.4, -0.2) is 11.8 Å². The Kier molecular flexibility index (Phi) is 2.99. The maximum atomic E-state index is 13.5. The van der Waals surface area contributed by atoms with E-state index in [1.165, 1.54) is 12.1 Å². The Labute approximate surface area is 105 Å². The fourth-order valence-corrected chi connectivity index (χ4v) is 1.70. The van der Waals surface area contributed by atoms with Gasteiger partial charge in [-0.3, -0.25) is 4.79 Å². The number of para-hydroxylation sites is 1. The Morgan fingerprint density at radius 1 is 1.39 bits per heavy atom. The summed E-state index contributed by atoms with van der Waals surface area (Å²) in [7, 11) is 0. The lowest BCUT2D eigenvalue weighted by molar-refractivity contribution is 0.0875. The normalized spacial score (nSPS) is 13.8. The number of fused-ring (bicyclic) bond motifs is 1. The van der Waals surface area contributed by atoms with Crippen molar-refractivity contribution < 1.29 is 13.6 Å². The van der Waals surface area contributed by atoms with Gasteiger partial charge in [-0.1, -0.05) is 32.9 Å². The van der Waals surface area contributed by atoms with Gasteiger partial charge in [-0.25, -0.2) is 4.39 Å². The largest absolute Gasteiger partial charge is 0.450 e. The van der Waals surface area contributed by atoms with Crippen molar-refractivity contribution in [2.75, 3.05) is 0 Å². The zero-order valence-corrected chi connectivity index (χ0v) is 10.7. The first-order valence-electron chi connectivity index (χ1n) is 5.78. The minimum absolute atomic E-state index is 0.0990. The average Bonchev–Trinajstić information content (AvgIpc) is 2.71. The van der Waals surface area contributed by atoms with Crippen LogP contribution in [0.15, 0.2) is 28.7 Å². The minimum atomic E-state index is -0.680. The SMILES string of the molecule is CC(C)(C)C(N)C(=O)c1cc2cccc(F)c2o1. The monoisotopic (exact) mass is 249 g/mol. The number of carbonyl (C=O) groups is 1. The predicted octanol–water partition coefficient (Wildman–Crippen LogP) is 3.13. The van der Waals surface area contributed by atoms with E-state index in [1.54, 1.807) is 12.1 Å². The van der Waals surface area contributed by atoms with Gasteiger partial charge >= 0.3 is 0 Å². The maximum Gasteiger partial charge on any atom is 0.215 e. The second kappa shape index (κ2) is 4.21. The number of rotatable bonds is 2. The Morgan fingerprint density at radius 2 is 2.06 bits per heavy atom. The summed E-state index contributed by atoms with van der Waals surface area (Å²) in [6.07, 6.45) is 0. The van der Waals surface area contributed by atoms with Crippen LogP contribution < -0.4 is 5.73 Å². The van der Waals surface area contributed by atoms with Crippen molar-refractivity contribution in [3.05, 3.63) is 35.8 Å². The number of hydrogen-bond acceptors (Lipinski definition) is 3. The van der Waals surface area contributed by atoms with Crippen LogP contribution in [0, 0.1) is 11.2 Å². The number of halogens is 1. The molecule has 4 heteroatoms. The summed E-state index contributed by atoms with van der Waals surface area (Å²) >= 11 is 0. The van der Waals surface area contributed by atoms with E-state index in [9.17, 15) is 9.18 Å². The zero-order chi connectivity index (χ0) is 13.5. The van der Waals surface area contributed by atoms with Crippen molar-refractivity contribution in [1.82, 2.24) is 0 Å². The van der Waals surface area contributed by atoms with Gasteiger partial charge in [-0.05, 0) is 17.5 Å². The molecule has 1 atom stereocenters. The van der Waals surface area contributed by atoms with Crippen LogP contribution in [0.25, 0.3) is 11.0 Å². The van der Waals surface area contributed by atoms with Gasteiger partial charge in [0, 0.05) is 5.39 Å². The highest BCUT2D eigenvalue weighted by Gasteiger charge is 2.30. The third-order valence-electron chi connectivity index (χ3n) is 2.95. The maximum absolute atomic E-state index is 13.5. The van der Waals surface area contributed by atoms with Gasteiger partial charge in [0.25, 0.3) is 0 Å². The molecule has 18 heavy (non-hydrogen) atoms. The van der Waals surface area contributed by atoms with E-state index >= 15 is 0 Å². The van der Waals surface area contributed by atoms with Crippen LogP contribution in [0.3, 0.4) is 0 Å². The van der Waals surface area contributed by atoms with Crippen molar-refractivity contribution in [1.29, 1.82) is 0 Å². The van der Waals surface area contributed by atoms with Gasteiger partial charge < -0.3 is 10.2 Å². The Bertz CT molecular complexity index is 595. The Balaban J connectivity index is 2.43. The summed E-state index contributed by atoms with van der Waals surface area (Å²) in [6, 6.07) is 5.42. The molecule has 2 aromatic rings. The summed E-state index contributed by atoms with van der Waals surface area (Å²) < 4.78 is 18.7. The highest BCUT2D eigenvalue weighted by Crippen LogP contribution is 2.26. The molecule has 2 N–H and O–H groups in total. The Hall–Kier alpha value is -1.68. The smallest absolute Gasteiger partial charge is 0.215 e. The molecule has 0 bridgehead atoms. The summed E-state index contributed by atoms with van der Waals surface area (Å²) in [5, 5.41) is 0.569. The molecule has 0 amide bonds. The lowest BCUT2D eigenvalue weighted by Crippen LogP contribution is -2.42. The highest BCUT2D eigenvalue weighted by molar-refractivity contribution is 6.01. The van der Waals surface area contributed by atoms with E-state index in [0.29, 0.717) is 5.39 Å². The third kappa shape index (κ3) is 2.16. The van der Waals surface area contributed by atoms with Gasteiger partial charge in [0.15, 0.2) is 17.2 Å². The van der Waals surface area contributed by atoms with Crippen LogP contribution in [0.2, 0.25) is 0 Å². The molecule has 0 radical (unpaired) electrons. The van der Waals surface area contributed by atoms with Crippen molar-refractivity contribution >= 4 is 16.8 Å².